The molecule has 0 atom stereocenters. The van der Waals surface area contributed by atoms with Crippen LogP contribution in [0, 0.1) is 6.92 Å². The van der Waals surface area contributed by atoms with Crippen molar-refractivity contribution in [2.24, 2.45) is 5.14 Å². The smallest absolute Gasteiger partial charge is 0.265 e. The Morgan fingerprint density at radius 3 is 2.70 bits per heavy atom. The largest absolute Gasteiger partial charge is 0.482 e. The maximum absolute atomic E-state index is 12.3. The molecule has 33 heavy (non-hydrogen) atoms. The van der Waals surface area contributed by atoms with Gasteiger partial charge in [-0.25, -0.2) is 18.5 Å². The van der Waals surface area contributed by atoms with Gasteiger partial charge in [-0.2, -0.15) is 4.98 Å². The zero-order valence-corrected chi connectivity index (χ0v) is 19.0. The van der Waals surface area contributed by atoms with E-state index in [1.807, 2.05) is 32.0 Å². The van der Waals surface area contributed by atoms with E-state index in [0.29, 0.717) is 29.5 Å². The predicted octanol–water partition coefficient (Wildman–Crippen LogP) is 3.06. The van der Waals surface area contributed by atoms with Crippen LogP contribution in [0.4, 0.5) is 28.8 Å². The molecule has 0 spiro atoms. The summed E-state index contributed by atoms with van der Waals surface area (Å²) < 4.78 is 28.8. The van der Waals surface area contributed by atoms with E-state index >= 15 is 0 Å². The van der Waals surface area contributed by atoms with E-state index in [-0.39, 0.29) is 23.4 Å². The predicted molar refractivity (Wildman–Crippen MR) is 126 cm³/mol. The molecule has 2 aromatic carbocycles. The summed E-state index contributed by atoms with van der Waals surface area (Å²) in [6, 6.07) is 11.6. The normalized spacial score (nSPS) is 13.3. The number of hydrogen-bond donors (Lipinski definition) is 3. The van der Waals surface area contributed by atoms with Gasteiger partial charge in [0.2, 0.25) is 16.0 Å². The summed E-state index contributed by atoms with van der Waals surface area (Å²) >= 11 is 0. The lowest BCUT2D eigenvalue weighted by atomic mass is 10.2. The number of hydrogen-bond acceptors (Lipinski definition) is 8. The van der Waals surface area contributed by atoms with E-state index < -0.39 is 10.0 Å². The van der Waals surface area contributed by atoms with Crippen molar-refractivity contribution in [3.63, 3.8) is 0 Å². The highest BCUT2D eigenvalue weighted by Crippen LogP contribution is 2.35. The average molecular weight is 469 g/mol. The SMILES string of the molecule is CCCN1C(=O)COc2ccc(Nc3nc(Nc4cccc(S(N)(=O)=O)c4)ncc3C)cc21. The number of sulfonamides is 1. The minimum absolute atomic E-state index is 0.0135. The summed E-state index contributed by atoms with van der Waals surface area (Å²) in [6.07, 6.45) is 2.48. The quantitative estimate of drug-likeness (QED) is 0.481. The molecule has 0 unspecified atom stereocenters. The van der Waals surface area contributed by atoms with Gasteiger partial charge in [0, 0.05) is 29.7 Å². The van der Waals surface area contributed by atoms with Crippen molar-refractivity contribution in [2.45, 2.75) is 25.2 Å². The molecule has 1 aromatic heterocycles. The molecule has 4 rings (SSSR count). The van der Waals surface area contributed by atoms with Gasteiger partial charge in [0.05, 0.1) is 10.6 Å². The number of nitrogens with one attached hydrogen (secondary N) is 2. The lowest BCUT2D eigenvalue weighted by Crippen LogP contribution is -2.39. The Labute approximate surface area is 191 Å². The number of primary sulfonamides is 1. The Morgan fingerprint density at radius 1 is 1.15 bits per heavy atom. The minimum atomic E-state index is -3.82. The number of aryl methyl sites for hydroxylation is 1. The van der Waals surface area contributed by atoms with Crippen LogP contribution in [0.3, 0.4) is 0 Å². The van der Waals surface area contributed by atoms with Crippen molar-refractivity contribution >= 4 is 44.8 Å². The van der Waals surface area contributed by atoms with Crippen LogP contribution in [0.2, 0.25) is 0 Å². The molecule has 0 aliphatic carbocycles. The fourth-order valence-electron chi connectivity index (χ4n) is 3.39. The van der Waals surface area contributed by atoms with E-state index in [1.165, 1.54) is 12.1 Å². The monoisotopic (exact) mass is 468 g/mol. The van der Waals surface area contributed by atoms with Gasteiger partial charge in [-0.05, 0) is 49.7 Å². The Morgan fingerprint density at radius 2 is 1.94 bits per heavy atom. The second-order valence-corrected chi connectivity index (χ2v) is 9.13. The van der Waals surface area contributed by atoms with Gasteiger partial charge in [-0.1, -0.05) is 13.0 Å². The number of rotatable bonds is 7. The maximum Gasteiger partial charge on any atom is 0.265 e. The molecule has 11 heteroatoms. The minimum Gasteiger partial charge on any atom is -0.482 e. The maximum atomic E-state index is 12.3. The number of aromatic nitrogens is 2. The molecule has 0 bridgehead atoms. The molecule has 4 N–H and O–H groups in total. The number of nitrogens with zero attached hydrogens (tertiary/aromatic N) is 3. The Kier molecular flexibility index (Phi) is 6.16. The van der Waals surface area contributed by atoms with Crippen LogP contribution in [0.15, 0.2) is 53.6 Å². The molecule has 1 aliphatic heterocycles. The third-order valence-corrected chi connectivity index (χ3v) is 5.91. The van der Waals surface area contributed by atoms with Gasteiger partial charge in [-0.3, -0.25) is 4.79 Å². The van der Waals surface area contributed by atoms with E-state index in [9.17, 15) is 13.2 Å². The van der Waals surface area contributed by atoms with Crippen molar-refractivity contribution in [3.8, 4) is 5.75 Å². The third-order valence-electron chi connectivity index (χ3n) is 5.00. The zero-order chi connectivity index (χ0) is 23.6. The number of anilines is 5. The van der Waals surface area contributed by atoms with Crippen molar-refractivity contribution in [1.29, 1.82) is 0 Å². The first-order valence-corrected chi connectivity index (χ1v) is 11.9. The molecular weight excluding hydrogens is 444 g/mol. The summed E-state index contributed by atoms with van der Waals surface area (Å²) in [5, 5.41) is 11.5. The molecule has 2 heterocycles. The Hall–Kier alpha value is -3.70. The molecule has 0 fully saturated rings. The van der Waals surface area contributed by atoms with Gasteiger partial charge >= 0.3 is 0 Å². The van der Waals surface area contributed by atoms with Gasteiger partial charge in [0.15, 0.2) is 6.61 Å². The summed E-state index contributed by atoms with van der Waals surface area (Å²) in [5.74, 6) is 1.41. The number of benzene rings is 2. The van der Waals surface area contributed by atoms with Crippen LogP contribution in [-0.2, 0) is 14.8 Å². The second-order valence-electron chi connectivity index (χ2n) is 7.56. The van der Waals surface area contributed by atoms with E-state index in [2.05, 4.69) is 20.6 Å². The number of fused-ring (bicyclic) bond motifs is 1. The van der Waals surface area contributed by atoms with Crippen LogP contribution in [0.1, 0.15) is 18.9 Å². The summed E-state index contributed by atoms with van der Waals surface area (Å²) in [4.78, 5) is 22.8. The van der Waals surface area contributed by atoms with Crippen LogP contribution < -0.4 is 25.4 Å². The fourth-order valence-corrected chi connectivity index (χ4v) is 3.95. The Balaban J connectivity index is 1.59. The number of nitrogens with two attached hydrogens (primary N) is 1. The molecule has 10 nitrogen and oxygen atoms in total. The first-order chi connectivity index (χ1) is 15.7. The molecule has 172 valence electrons. The molecule has 1 amide bonds. The van der Waals surface area contributed by atoms with E-state index in [1.54, 1.807) is 23.2 Å². The molecule has 3 aromatic rings. The standard InChI is InChI=1S/C22H24N6O4S/c1-3-9-28-18-11-16(7-8-19(18)32-13-20(28)29)25-21-14(2)12-24-22(27-21)26-15-5-4-6-17(10-15)33(23,30)31/h4-8,10-12H,3,9,13H2,1-2H3,(H2,23,30,31)(H2,24,25,26,27). The zero-order valence-electron chi connectivity index (χ0n) is 18.2. The first kappa shape index (κ1) is 22.5. The third kappa shape index (κ3) is 5.04. The number of carbonyl (C=O) groups is 1. The highest BCUT2D eigenvalue weighted by Gasteiger charge is 2.25. The van der Waals surface area contributed by atoms with Gasteiger partial charge in [0.25, 0.3) is 5.91 Å². The van der Waals surface area contributed by atoms with Crippen LogP contribution >= 0.6 is 0 Å². The van der Waals surface area contributed by atoms with E-state index in [0.717, 1.165) is 17.7 Å². The number of ether oxygens (including phenoxy) is 1. The molecule has 1 aliphatic rings. The highest BCUT2D eigenvalue weighted by molar-refractivity contribution is 7.89. The van der Waals surface area contributed by atoms with Crippen LogP contribution in [0.5, 0.6) is 5.75 Å². The van der Waals surface area contributed by atoms with Crippen molar-refractivity contribution in [2.75, 3.05) is 28.7 Å². The highest BCUT2D eigenvalue weighted by atomic mass is 32.2. The average Bonchev–Trinajstić information content (AvgIpc) is 2.78. The second kappa shape index (κ2) is 9.04. The first-order valence-electron chi connectivity index (χ1n) is 10.3. The number of amides is 1. The molecular formula is C22H24N6O4S. The summed E-state index contributed by atoms with van der Waals surface area (Å²) in [5.41, 5.74) is 2.73. The fraction of sp³-hybridized carbons (Fsp3) is 0.227. The Bertz CT molecular complexity index is 1310. The lowest BCUT2D eigenvalue weighted by Gasteiger charge is -2.29. The summed E-state index contributed by atoms with van der Waals surface area (Å²) in [7, 11) is -3.82. The molecule has 0 saturated heterocycles. The van der Waals surface area contributed by atoms with Crippen molar-refractivity contribution in [3.05, 3.63) is 54.2 Å². The van der Waals surface area contributed by atoms with Crippen molar-refractivity contribution < 1.29 is 17.9 Å². The van der Waals surface area contributed by atoms with Gasteiger partial charge < -0.3 is 20.3 Å². The molecule has 0 saturated carbocycles. The number of carbonyl (C=O) groups excluding carboxylic acids is 1. The lowest BCUT2D eigenvalue weighted by molar-refractivity contribution is -0.121. The van der Waals surface area contributed by atoms with Gasteiger partial charge in [-0.15, -0.1) is 0 Å². The molecule has 0 radical (unpaired) electrons. The summed E-state index contributed by atoms with van der Waals surface area (Å²) in [6.45, 7) is 4.52. The van der Waals surface area contributed by atoms with Crippen LogP contribution in [-0.4, -0.2) is 37.4 Å². The van der Waals surface area contributed by atoms with Crippen LogP contribution in [0.25, 0.3) is 0 Å². The topological polar surface area (TPSA) is 140 Å². The van der Waals surface area contributed by atoms with Gasteiger partial charge in [0.1, 0.15) is 11.6 Å². The van der Waals surface area contributed by atoms with Crippen molar-refractivity contribution in [1.82, 2.24) is 9.97 Å². The van der Waals surface area contributed by atoms with E-state index in [4.69, 9.17) is 9.88 Å².